The molecular weight excluding hydrogens is 220 g/mol. The Morgan fingerprint density at radius 1 is 1.50 bits per heavy atom. The molecule has 0 spiro atoms. The van der Waals surface area contributed by atoms with Crippen LogP contribution in [0.15, 0.2) is 12.7 Å². The van der Waals surface area contributed by atoms with E-state index >= 15 is 0 Å². The Kier molecular flexibility index (Phi) is 9.23. The molecule has 0 aliphatic carbocycles. The minimum atomic E-state index is -0.451. The summed E-state index contributed by atoms with van der Waals surface area (Å²) in [6.45, 7) is 8.49. The molecule has 3 nitrogen and oxygen atoms in total. The van der Waals surface area contributed by atoms with Gasteiger partial charge in [-0.25, -0.2) is 4.79 Å². The minimum Gasteiger partial charge on any atom is -0.464 e. The number of carbonyl (C=O) groups excluding carboxylic acids is 1. The Labute approximate surface area is 101 Å². The van der Waals surface area contributed by atoms with Crippen LogP contribution in [0.2, 0.25) is 5.54 Å². The van der Waals surface area contributed by atoms with Crippen molar-refractivity contribution in [2.24, 2.45) is 0 Å². The molecule has 0 aromatic rings. The topological polar surface area (TPSA) is 35.5 Å². The van der Waals surface area contributed by atoms with Gasteiger partial charge < -0.3 is 9.47 Å². The van der Waals surface area contributed by atoms with Crippen molar-refractivity contribution in [3.8, 4) is 0 Å². The first kappa shape index (κ1) is 15.4. The van der Waals surface area contributed by atoms with Gasteiger partial charge in [-0.15, -0.1) is 0 Å². The van der Waals surface area contributed by atoms with Crippen molar-refractivity contribution in [2.45, 2.75) is 44.4 Å². The molecule has 0 amide bonds. The molecule has 94 valence electrons. The van der Waals surface area contributed by atoms with Gasteiger partial charge in [0.2, 0.25) is 0 Å². The lowest BCUT2D eigenvalue weighted by atomic mass is 10.3. The smallest absolute Gasteiger partial charge is 0.330 e. The van der Waals surface area contributed by atoms with Gasteiger partial charge in [-0.2, -0.15) is 0 Å². The lowest BCUT2D eigenvalue weighted by molar-refractivity contribution is -0.139. The highest BCUT2D eigenvalue weighted by Gasteiger charge is 2.18. The van der Waals surface area contributed by atoms with Crippen LogP contribution in [0.1, 0.15) is 33.1 Å². The molecule has 0 fully saturated rings. The zero-order valence-corrected chi connectivity index (χ0v) is 12.1. The first-order valence-electron chi connectivity index (χ1n) is 5.99. The second kappa shape index (κ2) is 9.60. The van der Waals surface area contributed by atoms with Gasteiger partial charge in [-0.1, -0.05) is 33.3 Å². The Balaban J connectivity index is 4.17. The van der Waals surface area contributed by atoms with Gasteiger partial charge in [0, 0.05) is 19.8 Å². The van der Waals surface area contributed by atoms with Crippen LogP contribution < -0.4 is 0 Å². The van der Waals surface area contributed by atoms with Gasteiger partial charge in [0.15, 0.2) is 0 Å². The number of rotatable bonds is 9. The standard InChI is InChI=1S/C12H24O3Si/c1-5-8-12(15-11(13)7-3)16-10(6-2)9-14-4/h7,10,12H,3,5-6,8-9,16H2,1-2,4H3. The molecule has 0 aromatic heterocycles. The van der Waals surface area contributed by atoms with Crippen molar-refractivity contribution < 1.29 is 14.3 Å². The zero-order valence-electron chi connectivity index (χ0n) is 10.7. The molecule has 0 N–H and O–H groups in total. The van der Waals surface area contributed by atoms with Gasteiger partial charge in [0.1, 0.15) is 0 Å². The largest absolute Gasteiger partial charge is 0.464 e. The molecule has 0 aliphatic heterocycles. The summed E-state index contributed by atoms with van der Waals surface area (Å²) in [5.74, 6) is -0.293. The van der Waals surface area contributed by atoms with Crippen molar-refractivity contribution in [3.63, 3.8) is 0 Å². The van der Waals surface area contributed by atoms with Gasteiger partial charge >= 0.3 is 5.97 Å². The molecule has 0 heterocycles. The highest BCUT2D eigenvalue weighted by atomic mass is 28.2. The van der Waals surface area contributed by atoms with Crippen molar-refractivity contribution in [3.05, 3.63) is 12.7 Å². The fraction of sp³-hybridized carbons (Fsp3) is 0.750. The summed E-state index contributed by atoms with van der Waals surface area (Å²) >= 11 is 0. The van der Waals surface area contributed by atoms with E-state index < -0.39 is 9.52 Å². The maximum absolute atomic E-state index is 11.2. The van der Waals surface area contributed by atoms with E-state index in [2.05, 4.69) is 20.4 Å². The van der Waals surface area contributed by atoms with E-state index in [9.17, 15) is 4.79 Å². The monoisotopic (exact) mass is 244 g/mol. The SMILES string of the molecule is C=CC(=O)OC(CCC)[SiH2]C(CC)COC. The fourth-order valence-electron chi connectivity index (χ4n) is 1.72. The average molecular weight is 244 g/mol. The third-order valence-corrected chi connectivity index (χ3v) is 5.22. The number of esters is 1. The van der Waals surface area contributed by atoms with Gasteiger partial charge in [0.05, 0.1) is 15.2 Å². The molecule has 0 bridgehead atoms. The van der Waals surface area contributed by atoms with Gasteiger partial charge in [-0.3, -0.25) is 0 Å². The summed E-state index contributed by atoms with van der Waals surface area (Å²) in [7, 11) is 1.27. The summed E-state index contributed by atoms with van der Waals surface area (Å²) in [6.07, 6.45) is 4.36. The summed E-state index contributed by atoms with van der Waals surface area (Å²) in [5.41, 5.74) is 0.731. The molecule has 0 saturated carbocycles. The molecule has 0 saturated heterocycles. The van der Waals surface area contributed by atoms with E-state index in [1.807, 2.05) is 0 Å². The fourth-order valence-corrected chi connectivity index (χ4v) is 4.07. The van der Waals surface area contributed by atoms with Crippen LogP contribution in [-0.4, -0.2) is 34.9 Å². The van der Waals surface area contributed by atoms with Crippen LogP contribution in [0.4, 0.5) is 0 Å². The molecule has 0 aliphatic rings. The molecule has 16 heavy (non-hydrogen) atoms. The Bertz CT molecular complexity index is 206. The highest BCUT2D eigenvalue weighted by Crippen LogP contribution is 2.14. The first-order valence-corrected chi connectivity index (χ1v) is 7.63. The normalized spacial score (nSPS) is 14.9. The maximum atomic E-state index is 11.2. The van der Waals surface area contributed by atoms with Crippen LogP contribution in [-0.2, 0) is 14.3 Å². The molecule has 0 rings (SSSR count). The average Bonchev–Trinajstić information content (AvgIpc) is 2.28. The predicted molar refractivity (Wildman–Crippen MR) is 69.4 cm³/mol. The minimum absolute atomic E-state index is 0.135. The third-order valence-electron chi connectivity index (χ3n) is 2.64. The predicted octanol–water partition coefficient (Wildman–Crippen LogP) is 1.86. The van der Waals surface area contributed by atoms with Crippen LogP contribution in [0.25, 0.3) is 0 Å². The molecule has 4 heteroatoms. The highest BCUT2D eigenvalue weighted by molar-refractivity contribution is 6.39. The van der Waals surface area contributed by atoms with E-state index in [0.29, 0.717) is 5.54 Å². The van der Waals surface area contributed by atoms with E-state index in [1.54, 1.807) is 7.11 Å². The van der Waals surface area contributed by atoms with Crippen LogP contribution in [0.3, 0.4) is 0 Å². The molecule has 0 radical (unpaired) electrons. The van der Waals surface area contributed by atoms with E-state index in [-0.39, 0.29) is 11.7 Å². The maximum Gasteiger partial charge on any atom is 0.330 e. The van der Waals surface area contributed by atoms with Crippen LogP contribution in [0.5, 0.6) is 0 Å². The van der Waals surface area contributed by atoms with E-state index in [4.69, 9.17) is 9.47 Å². The quantitative estimate of drug-likeness (QED) is 0.353. The Morgan fingerprint density at radius 3 is 2.62 bits per heavy atom. The summed E-state index contributed by atoms with van der Waals surface area (Å²) in [5, 5.41) is 0. The summed E-state index contributed by atoms with van der Waals surface area (Å²) in [4.78, 5) is 11.2. The third kappa shape index (κ3) is 6.79. The lowest BCUT2D eigenvalue weighted by Crippen LogP contribution is -2.28. The second-order valence-corrected chi connectivity index (χ2v) is 6.55. The Morgan fingerprint density at radius 2 is 2.19 bits per heavy atom. The molecule has 2 unspecified atom stereocenters. The van der Waals surface area contributed by atoms with Gasteiger partial charge in [-0.05, 0) is 12.0 Å². The number of methoxy groups -OCH3 is 1. The zero-order chi connectivity index (χ0) is 12.4. The molecule has 2 atom stereocenters. The number of carbonyl (C=O) groups is 1. The molecular formula is C12H24O3Si. The van der Waals surface area contributed by atoms with Crippen molar-refractivity contribution >= 4 is 15.5 Å². The second-order valence-electron chi connectivity index (χ2n) is 4.02. The van der Waals surface area contributed by atoms with Crippen LogP contribution in [0, 0.1) is 0 Å². The van der Waals surface area contributed by atoms with Crippen molar-refractivity contribution in [2.75, 3.05) is 13.7 Å². The van der Waals surface area contributed by atoms with Crippen molar-refractivity contribution in [1.82, 2.24) is 0 Å². The lowest BCUT2D eigenvalue weighted by Gasteiger charge is -2.21. The number of hydrogen-bond acceptors (Lipinski definition) is 3. The van der Waals surface area contributed by atoms with E-state index in [1.165, 1.54) is 6.08 Å². The van der Waals surface area contributed by atoms with Gasteiger partial charge in [0.25, 0.3) is 0 Å². The number of ether oxygens (including phenoxy) is 2. The van der Waals surface area contributed by atoms with Crippen molar-refractivity contribution in [1.29, 1.82) is 0 Å². The summed E-state index contributed by atoms with van der Waals surface area (Å²) < 4.78 is 10.5. The van der Waals surface area contributed by atoms with E-state index in [0.717, 1.165) is 25.9 Å². The summed E-state index contributed by atoms with van der Waals surface area (Å²) in [6, 6.07) is 0. The first-order chi connectivity index (χ1) is 7.67. The van der Waals surface area contributed by atoms with Crippen LogP contribution >= 0.6 is 0 Å². The molecule has 0 aromatic carbocycles. The Hall–Kier alpha value is -0.613. The number of hydrogen-bond donors (Lipinski definition) is 0.